The van der Waals surface area contributed by atoms with Crippen LogP contribution >= 0.6 is 18.9 Å². The molecule has 56 valence electrons. The third kappa shape index (κ3) is 2.80. The van der Waals surface area contributed by atoms with E-state index in [9.17, 15) is 0 Å². The molecule has 11 heavy (non-hydrogen) atoms. The molecule has 0 aliphatic rings. The molecule has 0 aromatic heterocycles. The quantitative estimate of drug-likeness (QED) is 0.606. The van der Waals surface area contributed by atoms with Gasteiger partial charge in [-0.1, -0.05) is 18.2 Å². The first kappa shape index (κ1) is 9.60. The lowest BCUT2D eigenvalue weighted by Crippen LogP contribution is -1.93. The van der Waals surface area contributed by atoms with Crippen molar-refractivity contribution in [3.8, 4) is 5.75 Å². The fourth-order valence-electron chi connectivity index (χ4n) is 1.01. The summed E-state index contributed by atoms with van der Waals surface area (Å²) >= 11 is 2.58. The molecule has 0 saturated heterocycles. The van der Waals surface area contributed by atoms with E-state index in [1.807, 2.05) is 12.1 Å². The van der Waals surface area contributed by atoms with Crippen LogP contribution < -0.4 is 4.74 Å². The number of hydrogen-bond donors (Lipinski definition) is 0. The average molecular weight is 272 g/mol. The van der Waals surface area contributed by atoms with Crippen LogP contribution in [0.4, 0.5) is 0 Å². The van der Waals surface area contributed by atoms with Gasteiger partial charge in [-0.3, -0.25) is 0 Å². The minimum absolute atomic E-state index is 0.0750. The van der Waals surface area contributed by atoms with Crippen molar-refractivity contribution in [2.75, 3.05) is 7.11 Å². The summed E-state index contributed by atoms with van der Waals surface area (Å²) in [5.74, 6) is 1.04. The maximum Gasteiger partial charge on any atom is 0.468 e. The number of halogens is 1. The summed E-state index contributed by atoms with van der Waals surface area (Å²) in [4.78, 5) is 0. The van der Waals surface area contributed by atoms with E-state index in [1.54, 1.807) is 7.11 Å². The number of rotatable bonds is 3. The van der Waals surface area contributed by atoms with Crippen LogP contribution in [0, 0.1) is 0 Å². The van der Waals surface area contributed by atoms with E-state index in [-0.39, 0.29) is 16.5 Å². The first-order valence-electron chi connectivity index (χ1n) is 3.56. The molecule has 0 fully saturated rings. The van der Waals surface area contributed by atoms with Gasteiger partial charge in [-0.2, -0.15) is 0 Å². The SMILES string of the molecule is COc1ccccc1[CH2][Mg][I]. The molecule has 0 heterocycles. The van der Waals surface area contributed by atoms with Crippen LogP contribution in [-0.2, 0) is 4.55 Å². The summed E-state index contributed by atoms with van der Waals surface area (Å²) in [6, 6.07) is 8.25. The Hall–Kier alpha value is 0.516. The molecule has 1 rings (SSSR count). The maximum atomic E-state index is 5.22. The molecule has 0 atom stereocenters. The van der Waals surface area contributed by atoms with Gasteiger partial charge in [0.05, 0.1) is 7.11 Å². The zero-order valence-electron chi connectivity index (χ0n) is 6.51. The predicted molar refractivity (Wildman–Crippen MR) is 56.5 cm³/mol. The summed E-state index contributed by atoms with van der Waals surface area (Å²) < 4.78 is 6.44. The van der Waals surface area contributed by atoms with Crippen LogP contribution in [0.1, 0.15) is 5.56 Å². The minimum atomic E-state index is 0.0750. The highest BCUT2D eigenvalue weighted by atomic mass is 127. The predicted octanol–water partition coefficient (Wildman–Crippen LogP) is 2.25. The molecule has 0 aliphatic heterocycles. The van der Waals surface area contributed by atoms with Gasteiger partial charge in [0.2, 0.25) is 0 Å². The van der Waals surface area contributed by atoms with Gasteiger partial charge in [0.15, 0.2) is 0 Å². The van der Waals surface area contributed by atoms with E-state index < -0.39 is 0 Å². The molecule has 0 saturated carbocycles. The Labute approximate surface area is 86.6 Å². The van der Waals surface area contributed by atoms with E-state index in [4.69, 9.17) is 4.74 Å². The lowest BCUT2D eigenvalue weighted by atomic mass is 10.2. The van der Waals surface area contributed by atoms with Crippen LogP contribution in [0.15, 0.2) is 24.3 Å². The Balaban J connectivity index is 2.83. The van der Waals surface area contributed by atoms with Gasteiger partial charge in [0.25, 0.3) is 0 Å². The fourth-order valence-corrected chi connectivity index (χ4v) is 3.37. The highest BCUT2D eigenvalue weighted by Crippen LogP contribution is 2.17. The van der Waals surface area contributed by atoms with Gasteiger partial charge in [0.1, 0.15) is 5.75 Å². The molecule has 1 aromatic carbocycles. The number of ether oxygens (including phenoxy) is 1. The summed E-state index contributed by atoms with van der Waals surface area (Å²) in [6.45, 7) is 0. The third-order valence-electron chi connectivity index (χ3n) is 1.56. The van der Waals surface area contributed by atoms with Gasteiger partial charge in [0, 0.05) is 0 Å². The molecule has 0 bridgehead atoms. The largest absolute Gasteiger partial charge is 0.497 e. The second-order valence-corrected chi connectivity index (χ2v) is 6.37. The highest BCUT2D eigenvalue weighted by molar-refractivity contribution is 14.1. The van der Waals surface area contributed by atoms with Crippen molar-refractivity contribution >= 4 is 35.3 Å². The summed E-state index contributed by atoms with van der Waals surface area (Å²) in [7, 11) is 1.73. The van der Waals surface area contributed by atoms with Gasteiger partial charge in [-0.15, -0.1) is 4.55 Å². The molecule has 0 spiro atoms. The molecule has 0 aliphatic carbocycles. The normalized spacial score (nSPS) is 8.91. The lowest BCUT2D eigenvalue weighted by Gasteiger charge is -2.05. The topological polar surface area (TPSA) is 9.23 Å². The molecule has 0 N–H and O–H groups in total. The maximum absolute atomic E-state index is 5.22. The lowest BCUT2D eigenvalue weighted by molar-refractivity contribution is 0.411. The Bertz CT molecular complexity index is 227. The first-order valence-corrected chi connectivity index (χ1v) is 9.67. The first-order chi connectivity index (χ1) is 5.38. The Morgan fingerprint density at radius 2 is 2.18 bits per heavy atom. The second kappa shape index (κ2) is 5.21. The van der Waals surface area contributed by atoms with Crippen LogP contribution in [0.3, 0.4) is 0 Å². The van der Waals surface area contributed by atoms with E-state index in [2.05, 4.69) is 31.0 Å². The second-order valence-electron chi connectivity index (χ2n) is 2.25. The minimum Gasteiger partial charge on any atom is -0.497 e. The zero-order valence-corrected chi connectivity index (χ0v) is 10.1. The summed E-state index contributed by atoms with van der Waals surface area (Å²) in [5, 5.41) is 0. The summed E-state index contributed by atoms with van der Waals surface area (Å²) in [5.41, 5.74) is 1.36. The Kier molecular flexibility index (Phi) is 4.55. The monoisotopic (exact) mass is 272 g/mol. The molecule has 0 amide bonds. The van der Waals surface area contributed by atoms with Crippen molar-refractivity contribution in [2.45, 2.75) is 4.55 Å². The molecular formula is C8H9IMgO. The average Bonchev–Trinajstić information content (AvgIpc) is 2.06. The highest BCUT2D eigenvalue weighted by Gasteiger charge is 2.00. The molecule has 0 radical (unpaired) electrons. The van der Waals surface area contributed by atoms with Gasteiger partial charge >= 0.3 is 16.5 Å². The van der Waals surface area contributed by atoms with Gasteiger partial charge < -0.3 is 23.6 Å². The standard InChI is InChI=1S/C8H9O.HI.Mg/c1-7-5-3-4-6-8(7)9-2;;/h3-6H,1H2,2H3;1H;/q;;+1/p-1. The third-order valence-corrected chi connectivity index (χ3v) is 3.90. The van der Waals surface area contributed by atoms with E-state index in [0.717, 1.165) is 5.75 Å². The smallest absolute Gasteiger partial charge is 0.468 e. The van der Waals surface area contributed by atoms with Crippen LogP contribution in [0.5, 0.6) is 5.75 Å². The number of benzene rings is 1. The van der Waals surface area contributed by atoms with E-state index >= 15 is 0 Å². The van der Waals surface area contributed by atoms with E-state index in [0.29, 0.717) is 0 Å². The Morgan fingerprint density at radius 3 is 2.82 bits per heavy atom. The molecular weight excluding hydrogens is 263 g/mol. The number of para-hydroxylation sites is 1. The van der Waals surface area contributed by atoms with Crippen molar-refractivity contribution < 1.29 is 4.74 Å². The molecule has 0 unspecified atom stereocenters. The zero-order chi connectivity index (χ0) is 8.10. The number of methoxy groups -OCH3 is 1. The van der Waals surface area contributed by atoms with Crippen molar-refractivity contribution in [2.24, 2.45) is 0 Å². The fraction of sp³-hybridized carbons (Fsp3) is 0.250. The number of hydrogen-bond acceptors (Lipinski definition) is 1. The van der Waals surface area contributed by atoms with Gasteiger partial charge in [-0.05, 0) is 11.6 Å². The molecule has 1 aromatic rings. The molecule has 3 heteroatoms. The van der Waals surface area contributed by atoms with Crippen LogP contribution in [-0.4, -0.2) is 23.6 Å². The van der Waals surface area contributed by atoms with Crippen LogP contribution in [0.25, 0.3) is 0 Å². The Morgan fingerprint density at radius 1 is 1.45 bits per heavy atom. The molecule has 1 nitrogen and oxygen atoms in total. The summed E-state index contributed by atoms with van der Waals surface area (Å²) in [6.07, 6.45) is 0. The van der Waals surface area contributed by atoms with Crippen molar-refractivity contribution in [1.29, 1.82) is 0 Å². The van der Waals surface area contributed by atoms with Crippen molar-refractivity contribution in [1.82, 2.24) is 0 Å². The van der Waals surface area contributed by atoms with E-state index in [1.165, 1.54) is 10.1 Å². The van der Waals surface area contributed by atoms with Crippen molar-refractivity contribution in [3.05, 3.63) is 29.8 Å². The van der Waals surface area contributed by atoms with Crippen LogP contribution in [0.2, 0.25) is 0 Å². The van der Waals surface area contributed by atoms with Gasteiger partial charge in [-0.25, -0.2) is 0 Å². The van der Waals surface area contributed by atoms with Crippen molar-refractivity contribution in [3.63, 3.8) is 0 Å².